The highest BCUT2D eigenvalue weighted by Crippen LogP contribution is 2.27. The van der Waals surface area contributed by atoms with E-state index in [0.717, 1.165) is 17.0 Å². The molecule has 0 radical (unpaired) electrons. The van der Waals surface area contributed by atoms with Gasteiger partial charge in [-0.25, -0.2) is 0 Å². The van der Waals surface area contributed by atoms with Crippen molar-refractivity contribution in [3.8, 4) is 11.5 Å². The summed E-state index contributed by atoms with van der Waals surface area (Å²) >= 11 is 6.11. The van der Waals surface area contributed by atoms with Crippen LogP contribution in [-0.2, 0) is 6.54 Å². The van der Waals surface area contributed by atoms with Crippen molar-refractivity contribution >= 4 is 17.3 Å². The predicted octanol–water partition coefficient (Wildman–Crippen LogP) is 4.75. The molecule has 21 heavy (non-hydrogen) atoms. The van der Waals surface area contributed by atoms with Crippen molar-refractivity contribution in [3.05, 3.63) is 53.1 Å². The van der Waals surface area contributed by atoms with Gasteiger partial charge in [0.2, 0.25) is 0 Å². The lowest BCUT2D eigenvalue weighted by atomic mass is 10.2. The predicted molar refractivity (Wildman–Crippen MR) is 87.5 cm³/mol. The van der Waals surface area contributed by atoms with Crippen LogP contribution in [0.2, 0.25) is 5.02 Å². The Balaban J connectivity index is 2.01. The molecule has 0 heterocycles. The van der Waals surface area contributed by atoms with Crippen LogP contribution in [0.15, 0.2) is 42.5 Å². The van der Waals surface area contributed by atoms with Crippen molar-refractivity contribution in [1.82, 2.24) is 0 Å². The van der Waals surface area contributed by atoms with Crippen molar-refractivity contribution in [2.24, 2.45) is 0 Å². The fourth-order valence-corrected chi connectivity index (χ4v) is 2.24. The van der Waals surface area contributed by atoms with Gasteiger partial charge in [-0.3, -0.25) is 0 Å². The second-order valence-corrected chi connectivity index (χ2v) is 5.42. The molecule has 3 nitrogen and oxygen atoms in total. The molecule has 0 spiro atoms. The summed E-state index contributed by atoms with van der Waals surface area (Å²) in [6.45, 7) is 4.74. The first-order chi connectivity index (χ1) is 10.1. The number of rotatable bonds is 6. The van der Waals surface area contributed by atoms with Gasteiger partial charge in [0.25, 0.3) is 0 Å². The highest BCUT2D eigenvalue weighted by atomic mass is 35.5. The summed E-state index contributed by atoms with van der Waals surface area (Å²) in [5, 5.41) is 3.93. The molecule has 0 unspecified atom stereocenters. The Labute approximate surface area is 130 Å². The van der Waals surface area contributed by atoms with Gasteiger partial charge in [0.05, 0.1) is 18.2 Å². The standard InChI is InChI=1S/C17H20ClNO2/c1-12(2)21-15-6-4-5-13(9-15)11-19-14-7-8-17(20-3)16(18)10-14/h4-10,12,19H,11H2,1-3H3. The second kappa shape index (κ2) is 7.23. The van der Waals surface area contributed by atoms with E-state index in [1.807, 2.05) is 50.2 Å². The van der Waals surface area contributed by atoms with Crippen molar-refractivity contribution in [1.29, 1.82) is 0 Å². The Morgan fingerprint density at radius 3 is 2.62 bits per heavy atom. The molecule has 4 heteroatoms. The van der Waals surface area contributed by atoms with Gasteiger partial charge < -0.3 is 14.8 Å². The maximum atomic E-state index is 6.11. The van der Waals surface area contributed by atoms with Crippen LogP contribution in [0.5, 0.6) is 11.5 Å². The minimum atomic E-state index is 0.175. The normalized spacial score (nSPS) is 10.5. The summed E-state index contributed by atoms with van der Waals surface area (Å²) in [6, 6.07) is 13.7. The lowest BCUT2D eigenvalue weighted by Gasteiger charge is -2.12. The van der Waals surface area contributed by atoms with Gasteiger partial charge in [-0.2, -0.15) is 0 Å². The van der Waals surface area contributed by atoms with Gasteiger partial charge in [0, 0.05) is 12.2 Å². The van der Waals surface area contributed by atoms with Crippen molar-refractivity contribution in [2.75, 3.05) is 12.4 Å². The average molecular weight is 306 g/mol. The molecule has 0 bridgehead atoms. The van der Waals surface area contributed by atoms with Crippen molar-refractivity contribution in [2.45, 2.75) is 26.5 Å². The number of hydrogen-bond donors (Lipinski definition) is 1. The van der Waals surface area contributed by atoms with Crippen molar-refractivity contribution < 1.29 is 9.47 Å². The molecule has 0 aliphatic heterocycles. The molecule has 0 saturated carbocycles. The third-order valence-electron chi connectivity index (χ3n) is 2.92. The quantitative estimate of drug-likeness (QED) is 0.835. The maximum absolute atomic E-state index is 6.11. The van der Waals surface area contributed by atoms with Crippen LogP contribution in [0.4, 0.5) is 5.69 Å². The molecule has 2 aromatic carbocycles. The summed E-state index contributed by atoms with van der Waals surface area (Å²) < 4.78 is 10.8. The van der Waals surface area contributed by atoms with Crippen LogP contribution in [0.3, 0.4) is 0 Å². The summed E-state index contributed by atoms with van der Waals surface area (Å²) in [7, 11) is 1.61. The molecule has 0 amide bonds. The molecule has 1 N–H and O–H groups in total. The zero-order chi connectivity index (χ0) is 15.2. The molecule has 2 rings (SSSR count). The molecule has 2 aromatic rings. The van der Waals surface area contributed by atoms with Gasteiger partial charge in [0.1, 0.15) is 11.5 Å². The van der Waals surface area contributed by atoms with Crippen LogP contribution in [0, 0.1) is 0 Å². The third kappa shape index (κ3) is 4.57. The minimum Gasteiger partial charge on any atom is -0.495 e. The number of ether oxygens (including phenoxy) is 2. The van der Waals surface area contributed by atoms with E-state index in [1.165, 1.54) is 0 Å². The molecular weight excluding hydrogens is 286 g/mol. The molecule has 0 fully saturated rings. The second-order valence-electron chi connectivity index (χ2n) is 5.02. The summed E-state index contributed by atoms with van der Waals surface area (Å²) in [5.74, 6) is 1.56. The van der Waals surface area contributed by atoms with Crippen LogP contribution in [0.25, 0.3) is 0 Å². The first-order valence-corrected chi connectivity index (χ1v) is 7.29. The highest BCUT2D eigenvalue weighted by molar-refractivity contribution is 6.32. The molecule has 0 atom stereocenters. The monoisotopic (exact) mass is 305 g/mol. The SMILES string of the molecule is COc1ccc(NCc2cccc(OC(C)C)c2)cc1Cl. The van der Waals surface area contributed by atoms with Gasteiger partial charge in [-0.1, -0.05) is 23.7 Å². The number of hydrogen-bond acceptors (Lipinski definition) is 3. The van der Waals surface area contributed by atoms with Crippen LogP contribution < -0.4 is 14.8 Å². The van der Waals surface area contributed by atoms with Gasteiger partial charge >= 0.3 is 0 Å². The van der Waals surface area contributed by atoms with E-state index in [4.69, 9.17) is 21.1 Å². The molecule has 112 valence electrons. The fourth-order valence-electron chi connectivity index (χ4n) is 1.98. The van der Waals surface area contributed by atoms with Gasteiger partial charge in [-0.05, 0) is 49.7 Å². The lowest BCUT2D eigenvalue weighted by molar-refractivity contribution is 0.242. The fraction of sp³-hybridized carbons (Fsp3) is 0.294. The smallest absolute Gasteiger partial charge is 0.137 e. The number of anilines is 1. The summed E-state index contributed by atoms with van der Waals surface area (Å²) in [6.07, 6.45) is 0.175. The molecular formula is C17H20ClNO2. The molecule has 0 aliphatic rings. The van der Waals surface area contributed by atoms with E-state index in [1.54, 1.807) is 7.11 Å². The lowest BCUT2D eigenvalue weighted by Crippen LogP contribution is -2.06. The Bertz CT molecular complexity index is 599. The molecule has 0 aromatic heterocycles. The topological polar surface area (TPSA) is 30.5 Å². The first-order valence-electron chi connectivity index (χ1n) is 6.91. The van der Waals surface area contributed by atoms with Crippen LogP contribution >= 0.6 is 11.6 Å². The maximum Gasteiger partial charge on any atom is 0.137 e. The Kier molecular flexibility index (Phi) is 5.34. The highest BCUT2D eigenvalue weighted by Gasteiger charge is 2.03. The summed E-state index contributed by atoms with van der Waals surface area (Å²) in [4.78, 5) is 0. The number of halogens is 1. The van der Waals surface area contributed by atoms with Crippen LogP contribution in [0.1, 0.15) is 19.4 Å². The van der Waals surface area contributed by atoms with Gasteiger partial charge in [0.15, 0.2) is 0 Å². The Morgan fingerprint density at radius 1 is 1.14 bits per heavy atom. The van der Waals surface area contributed by atoms with E-state index < -0.39 is 0 Å². The Morgan fingerprint density at radius 2 is 1.95 bits per heavy atom. The number of benzene rings is 2. The van der Waals surface area contributed by atoms with Gasteiger partial charge in [-0.15, -0.1) is 0 Å². The van der Waals surface area contributed by atoms with E-state index in [9.17, 15) is 0 Å². The van der Waals surface area contributed by atoms with E-state index in [0.29, 0.717) is 17.3 Å². The number of nitrogens with one attached hydrogen (secondary N) is 1. The molecule has 0 saturated heterocycles. The van der Waals surface area contributed by atoms with Crippen molar-refractivity contribution in [3.63, 3.8) is 0 Å². The average Bonchev–Trinajstić information content (AvgIpc) is 2.45. The third-order valence-corrected chi connectivity index (χ3v) is 3.21. The van der Waals surface area contributed by atoms with E-state index >= 15 is 0 Å². The largest absolute Gasteiger partial charge is 0.495 e. The minimum absolute atomic E-state index is 0.175. The number of methoxy groups -OCH3 is 1. The summed E-state index contributed by atoms with van der Waals surface area (Å²) in [5.41, 5.74) is 2.11. The zero-order valence-corrected chi connectivity index (χ0v) is 13.3. The van der Waals surface area contributed by atoms with Crippen LogP contribution in [-0.4, -0.2) is 13.2 Å². The molecule has 0 aliphatic carbocycles. The Hall–Kier alpha value is -1.87. The zero-order valence-electron chi connectivity index (χ0n) is 12.5. The first kappa shape index (κ1) is 15.5. The van der Waals surface area contributed by atoms with E-state index in [2.05, 4.69) is 11.4 Å². The van der Waals surface area contributed by atoms with E-state index in [-0.39, 0.29) is 6.10 Å².